The zero-order valence-corrected chi connectivity index (χ0v) is 16.7. The van der Waals surface area contributed by atoms with Gasteiger partial charge >= 0.3 is 5.97 Å². The summed E-state index contributed by atoms with van der Waals surface area (Å²) in [6.07, 6.45) is 0.727. The second-order valence-corrected chi connectivity index (χ2v) is 6.86. The van der Waals surface area contributed by atoms with Crippen LogP contribution in [-0.2, 0) is 23.7 Å². The third-order valence-corrected chi connectivity index (χ3v) is 3.22. The Morgan fingerprint density at radius 1 is 0.929 bits per heavy atom. The highest BCUT2D eigenvalue weighted by Gasteiger charge is 2.15. The normalized spacial score (nSPS) is 11.1. The second kappa shape index (κ2) is 13.0. The topological polar surface area (TPSA) is 100 Å². The third-order valence-electron chi connectivity index (χ3n) is 3.22. The van der Waals surface area contributed by atoms with Gasteiger partial charge in [-0.3, -0.25) is 9.59 Å². The number of aldehydes is 1. The fraction of sp³-hybridized carbons (Fsp3) is 0.550. The van der Waals surface area contributed by atoms with Gasteiger partial charge in [0.05, 0.1) is 33.0 Å². The lowest BCUT2D eigenvalue weighted by molar-refractivity contribution is -0.160. The van der Waals surface area contributed by atoms with Gasteiger partial charge in [-0.25, -0.2) is 4.79 Å². The van der Waals surface area contributed by atoms with Crippen LogP contribution >= 0.6 is 0 Å². The van der Waals surface area contributed by atoms with E-state index in [-0.39, 0.29) is 19.1 Å². The monoisotopic (exact) mass is 395 g/mol. The highest BCUT2D eigenvalue weighted by atomic mass is 16.6. The van der Waals surface area contributed by atoms with E-state index in [4.69, 9.17) is 18.9 Å². The fourth-order valence-corrected chi connectivity index (χ4v) is 2.02. The summed E-state index contributed by atoms with van der Waals surface area (Å²) in [5, 5.41) is 2.72. The molecule has 1 aromatic carbocycles. The van der Waals surface area contributed by atoms with Gasteiger partial charge in [-0.05, 0) is 32.9 Å². The Balaban J connectivity index is 1.94. The molecule has 28 heavy (non-hydrogen) atoms. The van der Waals surface area contributed by atoms with Gasteiger partial charge in [0, 0.05) is 17.7 Å². The molecule has 0 atom stereocenters. The van der Waals surface area contributed by atoms with E-state index in [1.807, 2.05) is 0 Å². The molecule has 1 amide bonds. The lowest BCUT2D eigenvalue weighted by Gasteiger charge is -2.19. The lowest BCUT2D eigenvalue weighted by atomic mass is 10.1. The number of nitrogens with one attached hydrogen (secondary N) is 1. The van der Waals surface area contributed by atoms with Gasteiger partial charge in [0.2, 0.25) is 0 Å². The number of esters is 1. The number of rotatable bonds is 13. The molecule has 0 saturated carbocycles. The Morgan fingerprint density at radius 3 is 2.07 bits per heavy atom. The molecule has 0 spiro atoms. The molecule has 0 fully saturated rings. The summed E-state index contributed by atoms with van der Waals surface area (Å²) in [6, 6.07) is 6.37. The predicted octanol–water partition coefficient (Wildman–Crippen LogP) is 1.62. The number of ether oxygens (including phenoxy) is 4. The molecule has 0 radical (unpaired) electrons. The summed E-state index contributed by atoms with van der Waals surface area (Å²) in [6.45, 7) is 7.42. The average Bonchev–Trinajstić information content (AvgIpc) is 2.64. The van der Waals surface area contributed by atoms with Crippen molar-refractivity contribution in [3.63, 3.8) is 0 Å². The number of amides is 1. The minimum absolute atomic E-state index is 0.102. The van der Waals surface area contributed by atoms with Crippen LogP contribution in [0.1, 0.15) is 41.5 Å². The zero-order valence-electron chi connectivity index (χ0n) is 16.7. The zero-order chi connectivity index (χ0) is 20.8. The van der Waals surface area contributed by atoms with Crippen molar-refractivity contribution in [2.45, 2.75) is 26.4 Å². The Kier molecular flexibility index (Phi) is 11.0. The molecule has 0 bridgehead atoms. The Morgan fingerprint density at radius 2 is 1.50 bits per heavy atom. The van der Waals surface area contributed by atoms with E-state index in [0.717, 1.165) is 6.29 Å². The Bertz CT molecular complexity index is 608. The largest absolute Gasteiger partial charge is 0.458 e. The van der Waals surface area contributed by atoms with Gasteiger partial charge in [-0.1, -0.05) is 12.1 Å². The van der Waals surface area contributed by atoms with Crippen molar-refractivity contribution in [1.29, 1.82) is 0 Å². The first-order chi connectivity index (χ1) is 13.3. The van der Waals surface area contributed by atoms with Crippen molar-refractivity contribution in [3.05, 3.63) is 35.4 Å². The molecule has 8 nitrogen and oxygen atoms in total. The molecule has 156 valence electrons. The maximum Gasteiger partial charge on any atom is 0.332 e. The Hall–Kier alpha value is -2.29. The molecule has 0 aliphatic heterocycles. The highest BCUT2D eigenvalue weighted by molar-refractivity contribution is 5.94. The molecule has 8 heteroatoms. The van der Waals surface area contributed by atoms with Crippen LogP contribution in [0.25, 0.3) is 0 Å². The van der Waals surface area contributed by atoms with E-state index in [2.05, 4.69) is 5.32 Å². The van der Waals surface area contributed by atoms with Gasteiger partial charge in [0.15, 0.2) is 0 Å². The maximum absolute atomic E-state index is 11.9. The maximum atomic E-state index is 11.9. The van der Waals surface area contributed by atoms with E-state index in [1.165, 1.54) is 0 Å². The van der Waals surface area contributed by atoms with Crippen molar-refractivity contribution in [2.24, 2.45) is 0 Å². The summed E-state index contributed by atoms with van der Waals surface area (Å²) < 4.78 is 20.9. The van der Waals surface area contributed by atoms with Crippen LogP contribution in [0.15, 0.2) is 24.3 Å². The summed E-state index contributed by atoms with van der Waals surface area (Å²) in [7, 11) is 0. The quantitative estimate of drug-likeness (QED) is 0.308. The van der Waals surface area contributed by atoms with Crippen LogP contribution in [-0.4, -0.2) is 69.9 Å². The van der Waals surface area contributed by atoms with Crippen molar-refractivity contribution in [3.8, 4) is 0 Å². The summed E-state index contributed by atoms with van der Waals surface area (Å²) in [5.41, 5.74) is 0.491. The van der Waals surface area contributed by atoms with E-state index in [0.29, 0.717) is 44.1 Å². The first-order valence-corrected chi connectivity index (χ1v) is 9.10. The van der Waals surface area contributed by atoms with Crippen LogP contribution in [0.2, 0.25) is 0 Å². The van der Waals surface area contributed by atoms with Crippen LogP contribution in [0.4, 0.5) is 0 Å². The van der Waals surface area contributed by atoms with Gasteiger partial charge in [-0.15, -0.1) is 0 Å². The minimum atomic E-state index is -0.519. The Labute approximate surface area is 165 Å². The summed E-state index contributed by atoms with van der Waals surface area (Å²) in [5.74, 6) is -0.628. The number of carbonyl (C=O) groups is 3. The third kappa shape index (κ3) is 11.4. The number of carbonyl (C=O) groups excluding carboxylic acids is 3. The van der Waals surface area contributed by atoms with Gasteiger partial charge in [0.1, 0.15) is 18.5 Å². The van der Waals surface area contributed by atoms with E-state index in [9.17, 15) is 14.4 Å². The van der Waals surface area contributed by atoms with Crippen molar-refractivity contribution in [1.82, 2.24) is 5.32 Å². The van der Waals surface area contributed by atoms with Crippen molar-refractivity contribution >= 4 is 18.2 Å². The van der Waals surface area contributed by atoms with Crippen LogP contribution in [0, 0.1) is 0 Å². The number of hydrogen-bond donors (Lipinski definition) is 1. The second-order valence-electron chi connectivity index (χ2n) is 6.86. The highest BCUT2D eigenvalue weighted by Crippen LogP contribution is 2.06. The van der Waals surface area contributed by atoms with Gasteiger partial charge < -0.3 is 24.3 Å². The molecule has 0 saturated heterocycles. The number of hydrogen-bond acceptors (Lipinski definition) is 7. The van der Waals surface area contributed by atoms with Crippen LogP contribution in [0.3, 0.4) is 0 Å². The van der Waals surface area contributed by atoms with E-state index >= 15 is 0 Å². The van der Waals surface area contributed by atoms with Crippen molar-refractivity contribution < 1.29 is 33.3 Å². The molecule has 0 aromatic heterocycles. The van der Waals surface area contributed by atoms with Crippen LogP contribution < -0.4 is 5.32 Å². The summed E-state index contributed by atoms with van der Waals surface area (Å²) in [4.78, 5) is 33.9. The predicted molar refractivity (Wildman–Crippen MR) is 102 cm³/mol. The fourth-order valence-electron chi connectivity index (χ4n) is 2.02. The van der Waals surface area contributed by atoms with Gasteiger partial charge in [-0.2, -0.15) is 0 Å². The van der Waals surface area contributed by atoms with Crippen molar-refractivity contribution in [2.75, 3.05) is 46.2 Å². The minimum Gasteiger partial charge on any atom is -0.458 e. The molecule has 0 unspecified atom stereocenters. The number of benzene rings is 1. The molecule has 1 rings (SSSR count). The van der Waals surface area contributed by atoms with E-state index < -0.39 is 11.6 Å². The molecule has 1 N–H and O–H groups in total. The molecule has 0 heterocycles. The summed E-state index contributed by atoms with van der Waals surface area (Å²) >= 11 is 0. The first kappa shape index (κ1) is 23.7. The molecule has 0 aliphatic carbocycles. The first-order valence-electron chi connectivity index (χ1n) is 9.10. The molecule has 0 aliphatic rings. The standard InChI is InChI=1S/C20H29NO7/c1-20(2,3)28-18(23)15-27-13-12-26-11-10-25-9-8-21-19(24)17-6-4-16(14-22)5-7-17/h4-7,14H,8-13,15H2,1-3H3,(H,21,24). The average molecular weight is 395 g/mol. The molecular weight excluding hydrogens is 366 g/mol. The molecular formula is C20H29NO7. The van der Waals surface area contributed by atoms with E-state index in [1.54, 1.807) is 45.0 Å². The van der Waals surface area contributed by atoms with Crippen LogP contribution in [0.5, 0.6) is 0 Å². The smallest absolute Gasteiger partial charge is 0.332 e. The molecule has 1 aromatic rings. The van der Waals surface area contributed by atoms with Gasteiger partial charge in [0.25, 0.3) is 5.91 Å². The lowest BCUT2D eigenvalue weighted by Crippen LogP contribution is -2.27. The SMILES string of the molecule is CC(C)(C)OC(=O)COCCOCCOCCNC(=O)c1ccc(C=O)cc1.